The largest absolute Gasteiger partial charge is 0.370 e. The lowest BCUT2D eigenvalue weighted by atomic mass is 9.86. The van der Waals surface area contributed by atoms with Gasteiger partial charge in [0.15, 0.2) is 0 Å². The highest BCUT2D eigenvalue weighted by molar-refractivity contribution is 5.45. The summed E-state index contributed by atoms with van der Waals surface area (Å²) in [5.74, 6) is 0.904. The van der Waals surface area contributed by atoms with Crippen molar-refractivity contribution in [3.8, 4) is 0 Å². The van der Waals surface area contributed by atoms with Crippen molar-refractivity contribution in [2.75, 3.05) is 19.0 Å². The molecule has 1 atom stereocenters. The monoisotopic (exact) mass is 275 g/mol. The van der Waals surface area contributed by atoms with Crippen LogP contribution >= 0.6 is 0 Å². The van der Waals surface area contributed by atoms with Crippen LogP contribution in [0.4, 0.5) is 5.69 Å². The maximum absolute atomic E-state index is 4.65. The van der Waals surface area contributed by atoms with Crippen molar-refractivity contribution in [1.82, 2.24) is 10.3 Å². The van der Waals surface area contributed by atoms with Crippen molar-refractivity contribution in [3.05, 3.63) is 24.0 Å². The van der Waals surface area contributed by atoms with Gasteiger partial charge in [0.2, 0.25) is 0 Å². The van der Waals surface area contributed by atoms with Crippen LogP contribution in [0, 0.1) is 5.92 Å². The smallest absolute Gasteiger partial charge is 0.0574 e. The van der Waals surface area contributed by atoms with Gasteiger partial charge in [-0.1, -0.05) is 13.8 Å². The first-order chi connectivity index (χ1) is 9.65. The van der Waals surface area contributed by atoms with E-state index in [4.69, 9.17) is 0 Å². The molecule has 0 bridgehead atoms. The Bertz CT molecular complexity index is 389. The SMILES string of the molecule is CCC(NC)c1ccc(N(C)C2CCC(C)CC2)cn1. The van der Waals surface area contributed by atoms with Crippen molar-refractivity contribution in [2.24, 2.45) is 5.92 Å². The molecule has 3 nitrogen and oxygen atoms in total. The first kappa shape index (κ1) is 15.3. The zero-order valence-corrected chi connectivity index (χ0v) is 13.4. The first-order valence-corrected chi connectivity index (χ1v) is 8.01. The van der Waals surface area contributed by atoms with Crippen molar-refractivity contribution in [1.29, 1.82) is 0 Å². The second kappa shape index (κ2) is 7.07. The van der Waals surface area contributed by atoms with Crippen LogP contribution in [0.5, 0.6) is 0 Å². The third kappa shape index (κ3) is 3.51. The topological polar surface area (TPSA) is 28.2 Å². The quantitative estimate of drug-likeness (QED) is 0.886. The Morgan fingerprint density at radius 3 is 2.50 bits per heavy atom. The molecule has 112 valence electrons. The molecule has 2 rings (SSSR count). The molecule has 0 aromatic carbocycles. The van der Waals surface area contributed by atoms with Gasteiger partial charge in [-0.15, -0.1) is 0 Å². The fourth-order valence-electron chi connectivity index (χ4n) is 3.21. The van der Waals surface area contributed by atoms with Gasteiger partial charge in [-0.3, -0.25) is 4.98 Å². The number of nitrogens with zero attached hydrogens (tertiary/aromatic N) is 2. The Morgan fingerprint density at radius 1 is 1.30 bits per heavy atom. The van der Waals surface area contributed by atoms with Crippen LogP contribution in [0.2, 0.25) is 0 Å². The van der Waals surface area contributed by atoms with Crippen LogP contribution < -0.4 is 10.2 Å². The minimum Gasteiger partial charge on any atom is -0.370 e. The molecule has 1 aliphatic rings. The summed E-state index contributed by atoms with van der Waals surface area (Å²) in [5, 5.41) is 3.31. The van der Waals surface area contributed by atoms with Gasteiger partial charge in [0.05, 0.1) is 17.6 Å². The summed E-state index contributed by atoms with van der Waals surface area (Å²) in [6.07, 6.45) is 8.45. The van der Waals surface area contributed by atoms with Gasteiger partial charge in [-0.2, -0.15) is 0 Å². The van der Waals surface area contributed by atoms with Crippen molar-refractivity contribution in [2.45, 2.75) is 58.0 Å². The molecule has 1 heterocycles. The van der Waals surface area contributed by atoms with Gasteiger partial charge in [-0.25, -0.2) is 0 Å². The number of nitrogens with one attached hydrogen (secondary N) is 1. The van der Waals surface area contributed by atoms with E-state index in [0.717, 1.165) is 18.0 Å². The molecule has 0 saturated heterocycles. The summed E-state index contributed by atoms with van der Waals surface area (Å²) in [5.41, 5.74) is 2.39. The first-order valence-electron chi connectivity index (χ1n) is 8.01. The molecule has 0 amide bonds. The van der Waals surface area contributed by atoms with Crippen molar-refractivity contribution >= 4 is 5.69 Å². The van der Waals surface area contributed by atoms with Crippen LogP contribution in [0.15, 0.2) is 18.3 Å². The molecular formula is C17H29N3. The summed E-state index contributed by atoms with van der Waals surface area (Å²) < 4.78 is 0. The average molecular weight is 275 g/mol. The normalized spacial score (nSPS) is 24.4. The minimum atomic E-state index is 0.366. The molecule has 1 N–H and O–H groups in total. The maximum Gasteiger partial charge on any atom is 0.0574 e. The molecule has 1 aromatic rings. The molecule has 0 radical (unpaired) electrons. The summed E-state index contributed by atoms with van der Waals surface area (Å²) in [6, 6.07) is 5.44. The Labute approximate surface area is 123 Å². The third-order valence-electron chi connectivity index (χ3n) is 4.82. The van der Waals surface area contributed by atoms with Gasteiger partial charge in [0, 0.05) is 19.1 Å². The standard InChI is InChI=1S/C17H29N3/c1-5-16(18-3)17-11-10-15(12-19-17)20(4)14-8-6-13(2)7-9-14/h10-14,16,18H,5-9H2,1-4H3. The summed E-state index contributed by atoms with van der Waals surface area (Å²) in [6.45, 7) is 4.56. The van der Waals surface area contributed by atoms with Gasteiger partial charge >= 0.3 is 0 Å². The van der Waals surface area contributed by atoms with Crippen LogP contribution in [0.1, 0.15) is 57.7 Å². The lowest BCUT2D eigenvalue weighted by molar-refractivity contribution is 0.340. The Kier molecular flexibility index (Phi) is 5.41. The van der Waals surface area contributed by atoms with Gasteiger partial charge in [-0.05, 0) is 57.2 Å². The van der Waals surface area contributed by atoms with E-state index < -0.39 is 0 Å². The molecule has 20 heavy (non-hydrogen) atoms. The molecule has 0 aliphatic heterocycles. The van der Waals surface area contributed by atoms with Crippen LogP contribution in [-0.4, -0.2) is 25.1 Å². The van der Waals surface area contributed by atoms with Crippen molar-refractivity contribution < 1.29 is 0 Å². The van der Waals surface area contributed by atoms with E-state index >= 15 is 0 Å². The highest BCUT2D eigenvalue weighted by atomic mass is 15.1. The van der Waals surface area contributed by atoms with Crippen molar-refractivity contribution in [3.63, 3.8) is 0 Å². The number of hydrogen-bond donors (Lipinski definition) is 1. The molecule has 1 unspecified atom stereocenters. The van der Waals surface area contributed by atoms with Crippen LogP contribution in [0.3, 0.4) is 0 Å². The minimum absolute atomic E-state index is 0.366. The lowest BCUT2D eigenvalue weighted by Gasteiger charge is -2.35. The second-order valence-corrected chi connectivity index (χ2v) is 6.22. The fraction of sp³-hybridized carbons (Fsp3) is 0.706. The average Bonchev–Trinajstić information content (AvgIpc) is 2.49. The Balaban J connectivity index is 2.02. The molecular weight excluding hydrogens is 246 g/mol. The summed E-state index contributed by atoms with van der Waals surface area (Å²) >= 11 is 0. The highest BCUT2D eigenvalue weighted by Crippen LogP contribution is 2.29. The predicted octanol–water partition coefficient (Wildman–Crippen LogP) is 3.77. The Morgan fingerprint density at radius 2 is 2.00 bits per heavy atom. The molecule has 1 aliphatic carbocycles. The molecule has 1 aromatic heterocycles. The Hall–Kier alpha value is -1.09. The van der Waals surface area contributed by atoms with Gasteiger partial charge < -0.3 is 10.2 Å². The summed E-state index contributed by atoms with van der Waals surface area (Å²) in [4.78, 5) is 7.07. The molecule has 0 spiro atoms. The van der Waals surface area contributed by atoms with E-state index in [2.05, 4.69) is 48.2 Å². The number of pyridine rings is 1. The highest BCUT2D eigenvalue weighted by Gasteiger charge is 2.22. The zero-order valence-electron chi connectivity index (χ0n) is 13.4. The van der Waals surface area contributed by atoms with E-state index in [0.29, 0.717) is 12.1 Å². The summed E-state index contributed by atoms with van der Waals surface area (Å²) in [7, 11) is 4.21. The zero-order chi connectivity index (χ0) is 14.5. The maximum atomic E-state index is 4.65. The van der Waals surface area contributed by atoms with E-state index in [9.17, 15) is 0 Å². The lowest BCUT2D eigenvalue weighted by Crippen LogP contribution is -2.34. The molecule has 1 saturated carbocycles. The van der Waals surface area contributed by atoms with Gasteiger partial charge in [0.1, 0.15) is 0 Å². The number of anilines is 1. The fourth-order valence-corrected chi connectivity index (χ4v) is 3.21. The van der Waals surface area contributed by atoms with Crippen LogP contribution in [0.25, 0.3) is 0 Å². The second-order valence-electron chi connectivity index (χ2n) is 6.22. The van der Waals surface area contributed by atoms with E-state index in [1.165, 1.54) is 31.4 Å². The number of rotatable bonds is 5. The number of hydrogen-bond acceptors (Lipinski definition) is 3. The number of aromatic nitrogens is 1. The van der Waals surface area contributed by atoms with Gasteiger partial charge in [0.25, 0.3) is 0 Å². The van der Waals surface area contributed by atoms with E-state index in [-0.39, 0.29) is 0 Å². The van der Waals surface area contributed by atoms with E-state index in [1.54, 1.807) is 0 Å². The third-order valence-corrected chi connectivity index (χ3v) is 4.82. The predicted molar refractivity (Wildman–Crippen MR) is 86.2 cm³/mol. The molecule has 3 heteroatoms. The molecule has 1 fully saturated rings. The van der Waals surface area contributed by atoms with Crippen LogP contribution in [-0.2, 0) is 0 Å². The van der Waals surface area contributed by atoms with E-state index in [1.807, 2.05) is 13.2 Å².